The van der Waals surface area contributed by atoms with Crippen LogP contribution < -0.4 is 5.32 Å². The van der Waals surface area contributed by atoms with Gasteiger partial charge in [-0.25, -0.2) is 0 Å². The van der Waals surface area contributed by atoms with Crippen LogP contribution in [-0.4, -0.2) is 17.3 Å². The standard InChI is InChI=1S/C24H23ClN2/c1-24(2)20-9-5-7-11-22(20)27(3)23(24)15-13-18(25)12-14-19-16-17-8-4-6-10-21(17)26-19/h4-15H,16H2,1-3H3/p+1. The number of nitrogens with one attached hydrogen (secondary N) is 1. The molecule has 27 heavy (non-hydrogen) atoms. The lowest BCUT2D eigenvalue weighted by atomic mass is 9.81. The van der Waals surface area contributed by atoms with Crippen molar-refractivity contribution in [3.05, 3.63) is 94.7 Å². The van der Waals surface area contributed by atoms with Crippen LogP contribution in [0.1, 0.15) is 25.0 Å². The summed E-state index contributed by atoms with van der Waals surface area (Å²) in [5.74, 6) is 0. The molecule has 0 fully saturated rings. The van der Waals surface area contributed by atoms with Gasteiger partial charge < -0.3 is 5.32 Å². The van der Waals surface area contributed by atoms with E-state index in [1.54, 1.807) is 0 Å². The number of para-hydroxylation sites is 2. The average molecular weight is 376 g/mol. The predicted molar refractivity (Wildman–Crippen MR) is 115 cm³/mol. The van der Waals surface area contributed by atoms with Gasteiger partial charge in [-0.3, -0.25) is 0 Å². The summed E-state index contributed by atoms with van der Waals surface area (Å²) < 4.78 is 2.25. The number of hydrogen-bond donors (Lipinski definition) is 1. The van der Waals surface area contributed by atoms with Crippen LogP contribution in [-0.2, 0) is 11.8 Å². The lowest BCUT2D eigenvalue weighted by molar-refractivity contribution is -0.401. The molecule has 0 amide bonds. The van der Waals surface area contributed by atoms with Crippen molar-refractivity contribution in [2.45, 2.75) is 25.7 Å². The van der Waals surface area contributed by atoms with E-state index in [9.17, 15) is 0 Å². The molecular weight excluding hydrogens is 352 g/mol. The summed E-state index contributed by atoms with van der Waals surface area (Å²) in [5.41, 5.74) is 7.50. The molecule has 136 valence electrons. The summed E-state index contributed by atoms with van der Waals surface area (Å²) in [4.78, 5) is 0. The monoisotopic (exact) mass is 375 g/mol. The predicted octanol–water partition coefficient (Wildman–Crippen LogP) is 5.92. The third-order valence-electron chi connectivity index (χ3n) is 5.48. The van der Waals surface area contributed by atoms with E-state index in [1.807, 2.05) is 12.2 Å². The number of nitrogens with zero attached hydrogens (tertiary/aromatic N) is 1. The molecule has 3 heteroatoms. The number of halogens is 1. The molecule has 0 bridgehead atoms. The molecule has 0 saturated carbocycles. The lowest BCUT2D eigenvalue weighted by Crippen LogP contribution is -2.26. The van der Waals surface area contributed by atoms with Crippen molar-refractivity contribution in [3.63, 3.8) is 0 Å². The van der Waals surface area contributed by atoms with Crippen molar-refractivity contribution in [1.82, 2.24) is 0 Å². The Kier molecular flexibility index (Phi) is 4.53. The number of anilines is 1. The zero-order valence-corrected chi connectivity index (χ0v) is 16.7. The Bertz CT molecular complexity index is 995. The van der Waals surface area contributed by atoms with Gasteiger partial charge in [0.05, 0.1) is 5.41 Å². The zero-order chi connectivity index (χ0) is 19.0. The number of benzene rings is 2. The van der Waals surface area contributed by atoms with E-state index in [-0.39, 0.29) is 5.41 Å². The molecule has 2 nitrogen and oxygen atoms in total. The van der Waals surface area contributed by atoms with E-state index in [4.69, 9.17) is 11.6 Å². The fraction of sp³-hybridized carbons (Fsp3) is 0.208. The largest absolute Gasteiger partial charge is 0.358 e. The van der Waals surface area contributed by atoms with Crippen LogP contribution in [0.25, 0.3) is 0 Å². The summed E-state index contributed by atoms with van der Waals surface area (Å²) >= 11 is 6.47. The number of hydrogen-bond acceptors (Lipinski definition) is 1. The van der Waals surface area contributed by atoms with Crippen molar-refractivity contribution in [2.75, 3.05) is 12.4 Å². The van der Waals surface area contributed by atoms with Gasteiger partial charge in [-0.15, -0.1) is 0 Å². The van der Waals surface area contributed by atoms with Crippen molar-refractivity contribution in [3.8, 4) is 0 Å². The van der Waals surface area contributed by atoms with Crippen LogP contribution >= 0.6 is 11.6 Å². The van der Waals surface area contributed by atoms with Gasteiger partial charge in [0.25, 0.3) is 0 Å². The highest BCUT2D eigenvalue weighted by atomic mass is 35.5. The molecule has 0 aliphatic carbocycles. The Hall–Kier alpha value is -2.58. The molecule has 1 N–H and O–H groups in total. The SMILES string of the molecule is C[N+]1=C(C=CC(Cl)=CC=C2Cc3ccccc3N2)C(C)(C)c2ccccc21. The Balaban J connectivity index is 1.53. The molecule has 0 radical (unpaired) electrons. The number of fused-ring (bicyclic) bond motifs is 2. The summed E-state index contributed by atoms with van der Waals surface area (Å²) in [6.45, 7) is 4.52. The number of rotatable bonds is 3. The Morgan fingerprint density at radius 2 is 1.85 bits per heavy atom. The minimum atomic E-state index is -0.0356. The second-order valence-corrected chi connectivity index (χ2v) is 8.06. The van der Waals surface area contributed by atoms with Gasteiger partial charge in [0.1, 0.15) is 7.05 Å². The van der Waals surface area contributed by atoms with Crippen LogP contribution in [0.2, 0.25) is 0 Å². The second-order valence-electron chi connectivity index (χ2n) is 7.62. The summed E-state index contributed by atoms with van der Waals surface area (Å²) in [6, 6.07) is 17.0. The number of allylic oxidation sites excluding steroid dienone is 6. The van der Waals surface area contributed by atoms with Gasteiger partial charge in [-0.2, -0.15) is 4.58 Å². The average Bonchev–Trinajstić information content (AvgIpc) is 3.16. The van der Waals surface area contributed by atoms with E-state index in [2.05, 4.69) is 91.5 Å². The minimum absolute atomic E-state index is 0.0356. The molecule has 2 aromatic rings. The normalized spacial score (nSPS) is 19.6. The lowest BCUT2D eigenvalue weighted by Gasteiger charge is -2.15. The van der Waals surface area contributed by atoms with Crippen molar-refractivity contribution >= 4 is 28.7 Å². The maximum Gasteiger partial charge on any atom is 0.209 e. The van der Waals surface area contributed by atoms with E-state index >= 15 is 0 Å². The van der Waals surface area contributed by atoms with Crippen molar-refractivity contribution in [2.24, 2.45) is 0 Å². The Labute approximate surface area is 166 Å². The van der Waals surface area contributed by atoms with Crippen LogP contribution in [0, 0.1) is 0 Å². The molecule has 2 aliphatic heterocycles. The van der Waals surface area contributed by atoms with Gasteiger partial charge in [0.15, 0.2) is 5.71 Å². The highest BCUT2D eigenvalue weighted by Gasteiger charge is 2.42. The quantitative estimate of drug-likeness (QED) is 0.519. The van der Waals surface area contributed by atoms with Crippen LogP contribution in [0.3, 0.4) is 0 Å². The summed E-state index contributed by atoms with van der Waals surface area (Å²) in [5, 5.41) is 4.16. The second kappa shape index (κ2) is 6.86. The summed E-state index contributed by atoms with van der Waals surface area (Å²) in [6.07, 6.45) is 9.06. The fourth-order valence-corrected chi connectivity index (χ4v) is 4.14. The molecule has 2 aliphatic rings. The van der Waals surface area contributed by atoms with E-state index in [0.717, 1.165) is 6.42 Å². The smallest absolute Gasteiger partial charge is 0.209 e. The van der Waals surface area contributed by atoms with Gasteiger partial charge >= 0.3 is 0 Å². The topological polar surface area (TPSA) is 15.0 Å². The third kappa shape index (κ3) is 3.26. The maximum atomic E-state index is 6.47. The first-order valence-electron chi connectivity index (χ1n) is 9.27. The molecule has 2 aromatic carbocycles. The molecule has 0 aromatic heterocycles. The first-order valence-corrected chi connectivity index (χ1v) is 9.64. The summed E-state index contributed by atoms with van der Waals surface area (Å²) in [7, 11) is 2.12. The third-order valence-corrected chi connectivity index (χ3v) is 5.73. The van der Waals surface area contributed by atoms with Crippen molar-refractivity contribution < 1.29 is 4.58 Å². The minimum Gasteiger partial charge on any atom is -0.358 e. The first-order chi connectivity index (χ1) is 13.0. The van der Waals surface area contributed by atoms with Crippen LogP contribution in [0.4, 0.5) is 11.4 Å². The van der Waals surface area contributed by atoms with Gasteiger partial charge in [0, 0.05) is 40.5 Å². The Morgan fingerprint density at radius 3 is 2.63 bits per heavy atom. The van der Waals surface area contributed by atoms with Gasteiger partial charge in [-0.1, -0.05) is 48.0 Å². The maximum absolute atomic E-state index is 6.47. The van der Waals surface area contributed by atoms with Gasteiger partial charge in [0.2, 0.25) is 5.69 Å². The molecular formula is C24H24ClN2+. The molecule has 0 atom stereocenters. The van der Waals surface area contributed by atoms with E-state index in [0.29, 0.717) is 5.03 Å². The van der Waals surface area contributed by atoms with E-state index < -0.39 is 0 Å². The zero-order valence-electron chi connectivity index (χ0n) is 16.0. The molecule has 2 heterocycles. The molecule has 0 unspecified atom stereocenters. The molecule has 0 spiro atoms. The molecule has 0 saturated heterocycles. The first kappa shape index (κ1) is 17.8. The highest BCUT2D eigenvalue weighted by Crippen LogP contribution is 2.39. The Morgan fingerprint density at radius 1 is 1.11 bits per heavy atom. The van der Waals surface area contributed by atoms with Gasteiger partial charge in [-0.05, 0) is 43.7 Å². The van der Waals surface area contributed by atoms with Crippen molar-refractivity contribution in [1.29, 1.82) is 0 Å². The highest BCUT2D eigenvalue weighted by molar-refractivity contribution is 6.31. The fourth-order valence-electron chi connectivity index (χ4n) is 4.02. The molecule has 4 rings (SSSR count). The van der Waals surface area contributed by atoms with Crippen LogP contribution in [0.15, 0.2) is 83.6 Å². The van der Waals surface area contributed by atoms with E-state index in [1.165, 1.54) is 33.9 Å². The van der Waals surface area contributed by atoms with Crippen LogP contribution in [0.5, 0.6) is 0 Å².